The molecule has 0 fully saturated rings. The number of aldehydes is 2. The molecular weight excluding hydrogens is 216 g/mol. The molecule has 2 rings (SSSR count). The molecular formula is C14H16O3. The van der Waals surface area contributed by atoms with Gasteiger partial charge in [-0.25, -0.2) is 0 Å². The Labute approximate surface area is 101 Å². The van der Waals surface area contributed by atoms with Crippen molar-refractivity contribution in [3.63, 3.8) is 0 Å². The predicted molar refractivity (Wildman–Crippen MR) is 66.1 cm³/mol. The van der Waals surface area contributed by atoms with Gasteiger partial charge in [-0.1, -0.05) is 18.2 Å². The SMILES string of the molecule is O=CC1=CCCCC1.O=Cc1ccccc1O. The van der Waals surface area contributed by atoms with Crippen molar-refractivity contribution in [1.82, 2.24) is 0 Å². The Balaban J connectivity index is 0.000000171. The first-order valence-electron chi connectivity index (χ1n) is 5.65. The van der Waals surface area contributed by atoms with Gasteiger partial charge in [0.05, 0.1) is 5.56 Å². The molecule has 0 atom stereocenters. The highest BCUT2D eigenvalue weighted by atomic mass is 16.3. The topological polar surface area (TPSA) is 54.4 Å². The molecule has 0 saturated carbocycles. The highest BCUT2D eigenvalue weighted by Crippen LogP contribution is 2.14. The molecule has 1 N–H and O–H groups in total. The smallest absolute Gasteiger partial charge is 0.153 e. The second kappa shape index (κ2) is 7.39. The number of aromatic hydroxyl groups is 1. The van der Waals surface area contributed by atoms with Crippen molar-refractivity contribution in [3.8, 4) is 5.75 Å². The van der Waals surface area contributed by atoms with Crippen LogP contribution in [0.25, 0.3) is 0 Å². The number of para-hydroxylation sites is 1. The van der Waals surface area contributed by atoms with E-state index in [4.69, 9.17) is 5.11 Å². The molecule has 0 bridgehead atoms. The second-order valence-corrected chi connectivity index (χ2v) is 3.82. The standard InChI is InChI=1S/C7H6O2.C7H10O/c8-5-6-3-1-2-4-7(6)9;8-6-7-4-2-1-3-5-7/h1-5,9H;4,6H,1-3,5H2. The lowest BCUT2D eigenvalue weighted by molar-refractivity contribution is -0.105. The van der Waals surface area contributed by atoms with Crippen LogP contribution in [0.5, 0.6) is 5.75 Å². The summed E-state index contributed by atoms with van der Waals surface area (Å²) in [5.41, 5.74) is 1.33. The number of carbonyl (C=O) groups is 2. The Kier molecular flexibility index (Phi) is 5.72. The Morgan fingerprint density at radius 2 is 1.82 bits per heavy atom. The molecule has 3 nitrogen and oxygen atoms in total. The highest BCUT2D eigenvalue weighted by molar-refractivity contribution is 5.78. The number of phenolic OH excluding ortho intramolecular Hbond substituents is 1. The van der Waals surface area contributed by atoms with Gasteiger partial charge in [0.25, 0.3) is 0 Å². The molecule has 0 unspecified atom stereocenters. The van der Waals surface area contributed by atoms with Crippen LogP contribution in [0.4, 0.5) is 0 Å². The van der Waals surface area contributed by atoms with E-state index < -0.39 is 0 Å². The van der Waals surface area contributed by atoms with Gasteiger partial charge in [-0.2, -0.15) is 0 Å². The van der Waals surface area contributed by atoms with E-state index >= 15 is 0 Å². The van der Waals surface area contributed by atoms with Crippen LogP contribution in [0, 0.1) is 0 Å². The third-order valence-electron chi connectivity index (χ3n) is 2.54. The lowest BCUT2D eigenvalue weighted by Crippen LogP contribution is -1.91. The van der Waals surface area contributed by atoms with Crippen molar-refractivity contribution < 1.29 is 14.7 Å². The van der Waals surface area contributed by atoms with Crippen LogP contribution >= 0.6 is 0 Å². The molecule has 1 aliphatic rings. The lowest BCUT2D eigenvalue weighted by atomic mass is 10.0. The lowest BCUT2D eigenvalue weighted by Gasteiger charge is -2.04. The Hall–Kier alpha value is -1.90. The Morgan fingerprint density at radius 3 is 2.24 bits per heavy atom. The van der Waals surface area contributed by atoms with Gasteiger partial charge >= 0.3 is 0 Å². The summed E-state index contributed by atoms with van der Waals surface area (Å²) in [6.45, 7) is 0. The van der Waals surface area contributed by atoms with Crippen LogP contribution < -0.4 is 0 Å². The first kappa shape index (κ1) is 13.2. The van der Waals surface area contributed by atoms with Gasteiger partial charge in [0, 0.05) is 0 Å². The molecule has 0 saturated heterocycles. The average Bonchev–Trinajstić information content (AvgIpc) is 2.41. The van der Waals surface area contributed by atoms with Crippen molar-refractivity contribution in [3.05, 3.63) is 41.5 Å². The maximum Gasteiger partial charge on any atom is 0.153 e. The van der Waals surface area contributed by atoms with Crippen LogP contribution in [0.1, 0.15) is 36.0 Å². The molecule has 3 heteroatoms. The maximum absolute atomic E-state index is 10.1. The fraction of sp³-hybridized carbons (Fsp3) is 0.286. The molecule has 0 heterocycles. The molecule has 1 aromatic carbocycles. The first-order chi connectivity index (χ1) is 8.27. The zero-order chi connectivity index (χ0) is 12.5. The number of carbonyl (C=O) groups excluding carboxylic acids is 2. The van der Waals surface area contributed by atoms with Gasteiger partial charge < -0.3 is 5.11 Å². The monoisotopic (exact) mass is 232 g/mol. The van der Waals surface area contributed by atoms with Gasteiger partial charge in [-0.15, -0.1) is 0 Å². The summed E-state index contributed by atoms with van der Waals surface area (Å²) in [5, 5.41) is 8.88. The predicted octanol–water partition coefficient (Wildman–Crippen LogP) is 2.89. The van der Waals surface area contributed by atoms with Crippen molar-refractivity contribution in [2.45, 2.75) is 25.7 Å². The van der Waals surface area contributed by atoms with Crippen LogP contribution in [0.3, 0.4) is 0 Å². The number of benzene rings is 1. The summed E-state index contributed by atoms with van der Waals surface area (Å²) >= 11 is 0. The van der Waals surface area contributed by atoms with Gasteiger partial charge in [0.2, 0.25) is 0 Å². The minimum absolute atomic E-state index is 0.0347. The molecule has 0 radical (unpaired) electrons. The third kappa shape index (κ3) is 4.64. The van der Waals surface area contributed by atoms with E-state index in [0.717, 1.165) is 24.7 Å². The largest absolute Gasteiger partial charge is 0.507 e. The zero-order valence-electron chi connectivity index (χ0n) is 9.63. The average molecular weight is 232 g/mol. The zero-order valence-corrected chi connectivity index (χ0v) is 9.63. The number of allylic oxidation sites excluding steroid dienone is 2. The van der Waals surface area contributed by atoms with Gasteiger partial charge in [0.15, 0.2) is 6.29 Å². The summed E-state index contributed by atoms with van der Waals surface area (Å²) in [5.74, 6) is 0.0347. The van der Waals surface area contributed by atoms with E-state index in [1.54, 1.807) is 18.2 Å². The number of phenols is 1. The Morgan fingerprint density at radius 1 is 1.06 bits per heavy atom. The quantitative estimate of drug-likeness (QED) is 0.798. The van der Waals surface area contributed by atoms with E-state index in [9.17, 15) is 9.59 Å². The van der Waals surface area contributed by atoms with Gasteiger partial charge in [-0.3, -0.25) is 9.59 Å². The highest BCUT2D eigenvalue weighted by Gasteiger charge is 1.99. The van der Waals surface area contributed by atoms with E-state index in [-0.39, 0.29) is 5.75 Å². The van der Waals surface area contributed by atoms with E-state index in [0.29, 0.717) is 11.8 Å². The summed E-state index contributed by atoms with van der Waals surface area (Å²) in [7, 11) is 0. The molecule has 0 spiro atoms. The van der Waals surface area contributed by atoms with Crippen molar-refractivity contribution in [1.29, 1.82) is 0 Å². The molecule has 1 aromatic rings. The number of hydrogen-bond donors (Lipinski definition) is 1. The number of hydrogen-bond acceptors (Lipinski definition) is 3. The van der Waals surface area contributed by atoms with Gasteiger partial charge in [-0.05, 0) is 43.4 Å². The molecule has 17 heavy (non-hydrogen) atoms. The van der Waals surface area contributed by atoms with E-state index in [2.05, 4.69) is 0 Å². The molecule has 0 aromatic heterocycles. The minimum Gasteiger partial charge on any atom is -0.507 e. The summed E-state index contributed by atoms with van der Waals surface area (Å²) in [4.78, 5) is 20.2. The molecule has 90 valence electrons. The molecule has 0 aliphatic heterocycles. The van der Waals surface area contributed by atoms with Crippen molar-refractivity contribution >= 4 is 12.6 Å². The minimum atomic E-state index is 0.0347. The fourth-order valence-corrected chi connectivity index (χ4v) is 1.56. The first-order valence-corrected chi connectivity index (χ1v) is 5.65. The fourth-order valence-electron chi connectivity index (χ4n) is 1.56. The summed E-state index contributed by atoms with van der Waals surface area (Å²) < 4.78 is 0. The van der Waals surface area contributed by atoms with Crippen molar-refractivity contribution in [2.75, 3.05) is 0 Å². The normalized spacial score (nSPS) is 14.0. The molecule has 0 amide bonds. The Bertz CT molecular complexity index is 408. The summed E-state index contributed by atoms with van der Waals surface area (Å²) in [6, 6.07) is 6.40. The maximum atomic E-state index is 10.1. The number of rotatable bonds is 2. The van der Waals surface area contributed by atoms with Gasteiger partial charge in [0.1, 0.15) is 12.0 Å². The third-order valence-corrected chi connectivity index (χ3v) is 2.54. The second-order valence-electron chi connectivity index (χ2n) is 3.82. The summed E-state index contributed by atoms with van der Waals surface area (Å²) in [6.07, 6.45) is 8.20. The van der Waals surface area contributed by atoms with E-state index in [1.165, 1.54) is 18.9 Å². The van der Waals surface area contributed by atoms with Crippen LogP contribution in [-0.4, -0.2) is 17.7 Å². The molecule has 1 aliphatic carbocycles. The van der Waals surface area contributed by atoms with Crippen LogP contribution in [0.2, 0.25) is 0 Å². The van der Waals surface area contributed by atoms with E-state index in [1.807, 2.05) is 6.08 Å². The van der Waals surface area contributed by atoms with Crippen LogP contribution in [-0.2, 0) is 4.79 Å². The van der Waals surface area contributed by atoms with Crippen molar-refractivity contribution in [2.24, 2.45) is 0 Å². The van der Waals surface area contributed by atoms with Crippen LogP contribution in [0.15, 0.2) is 35.9 Å².